The fourth-order valence-electron chi connectivity index (χ4n) is 3.02. The maximum Gasteiger partial charge on any atom is 0.338 e. The Bertz CT molecular complexity index is 404. The molecule has 3 heteroatoms. The van der Waals surface area contributed by atoms with Gasteiger partial charge in [-0.05, 0) is 37.4 Å². The van der Waals surface area contributed by atoms with Crippen molar-refractivity contribution in [1.29, 1.82) is 0 Å². The van der Waals surface area contributed by atoms with Crippen LogP contribution < -0.4 is 5.32 Å². The third kappa shape index (κ3) is 2.07. The van der Waals surface area contributed by atoms with Gasteiger partial charge in [-0.25, -0.2) is 4.79 Å². The summed E-state index contributed by atoms with van der Waals surface area (Å²) < 4.78 is 5.63. The van der Waals surface area contributed by atoms with Crippen molar-refractivity contribution in [3.05, 3.63) is 35.9 Å². The summed E-state index contributed by atoms with van der Waals surface area (Å²) in [4.78, 5) is 11.9. The van der Waals surface area contributed by atoms with Crippen molar-refractivity contribution in [2.24, 2.45) is 11.8 Å². The first-order chi connectivity index (χ1) is 8.34. The number of carbonyl (C=O) groups is 1. The number of hydrogen-bond donors (Lipinski definition) is 1. The fraction of sp³-hybridized carbons (Fsp3) is 0.500. The summed E-state index contributed by atoms with van der Waals surface area (Å²) in [6.07, 6.45) is 2.32. The molecular formula is C14H17NO2. The zero-order chi connectivity index (χ0) is 11.7. The zero-order valence-corrected chi connectivity index (χ0v) is 9.76. The van der Waals surface area contributed by atoms with Gasteiger partial charge in [0.2, 0.25) is 0 Å². The van der Waals surface area contributed by atoms with E-state index >= 15 is 0 Å². The molecular weight excluding hydrogens is 214 g/mol. The predicted molar refractivity (Wildman–Crippen MR) is 64.7 cm³/mol. The summed E-state index contributed by atoms with van der Waals surface area (Å²) in [5.74, 6) is 1.06. The van der Waals surface area contributed by atoms with Crippen molar-refractivity contribution < 1.29 is 9.53 Å². The molecule has 1 aromatic rings. The lowest BCUT2D eigenvalue weighted by Crippen LogP contribution is -2.26. The van der Waals surface area contributed by atoms with Crippen molar-refractivity contribution in [3.63, 3.8) is 0 Å². The van der Waals surface area contributed by atoms with Gasteiger partial charge < -0.3 is 10.1 Å². The van der Waals surface area contributed by atoms with Gasteiger partial charge in [-0.1, -0.05) is 18.2 Å². The molecule has 3 nitrogen and oxygen atoms in total. The topological polar surface area (TPSA) is 38.3 Å². The molecule has 3 unspecified atom stereocenters. The van der Waals surface area contributed by atoms with Gasteiger partial charge in [0.25, 0.3) is 0 Å². The molecule has 17 heavy (non-hydrogen) atoms. The van der Waals surface area contributed by atoms with Gasteiger partial charge in [0, 0.05) is 12.5 Å². The van der Waals surface area contributed by atoms with Crippen LogP contribution in [0.1, 0.15) is 23.2 Å². The van der Waals surface area contributed by atoms with Crippen LogP contribution in [0, 0.1) is 11.8 Å². The maximum absolute atomic E-state index is 11.9. The molecule has 1 N–H and O–H groups in total. The maximum atomic E-state index is 11.9. The number of benzene rings is 1. The van der Waals surface area contributed by atoms with Crippen molar-refractivity contribution in [1.82, 2.24) is 5.32 Å². The number of carbonyl (C=O) groups excluding carboxylic acids is 1. The predicted octanol–water partition coefficient (Wildman–Crippen LogP) is 1.84. The Balaban J connectivity index is 1.66. The standard InChI is InChI=1S/C14H17NO2/c16-14(10-4-2-1-3-5-10)17-13-7-6-11-8-15-9-12(11)13/h1-5,11-13,15H,6-9H2. The van der Waals surface area contributed by atoms with Crippen LogP contribution in [-0.2, 0) is 4.74 Å². The molecule has 0 bridgehead atoms. The first-order valence-corrected chi connectivity index (χ1v) is 6.31. The van der Waals surface area contributed by atoms with Crippen molar-refractivity contribution in [2.75, 3.05) is 13.1 Å². The van der Waals surface area contributed by atoms with Gasteiger partial charge in [0.1, 0.15) is 6.10 Å². The van der Waals surface area contributed by atoms with Crippen LogP contribution >= 0.6 is 0 Å². The molecule has 1 heterocycles. The van der Waals surface area contributed by atoms with Crippen LogP contribution in [0.25, 0.3) is 0 Å². The van der Waals surface area contributed by atoms with Crippen LogP contribution in [-0.4, -0.2) is 25.2 Å². The highest BCUT2D eigenvalue weighted by Crippen LogP contribution is 2.36. The van der Waals surface area contributed by atoms with Crippen LogP contribution in [0.15, 0.2) is 30.3 Å². The van der Waals surface area contributed by atoms with E-state index in [9.17, 15) is 4.79 Å². The minimum atomic E-state index is -0.178. The van der Waals surface area contributed by atoms with Crippen LogP contribution in [0.3, 0.4) is 0 Å². The monoisotopic (exact) mass is 231 g/mol. The smallest absolute Gasteiger partial charge is 0.338 e. The van der Waals surface area contributed by atoms with Gasteiger partial charge in [-0.3, -0.25) is 0 Å². The molecule has 0 radical (unpaired) electrons. The van der Waals surface area contributed by atoms with Gasteiger partial charge >= 0.3 is 5.97 Å². The van der Waals surface area contributed by atoms with Gasteiger partial charge in [0.05, 0.1) is 5.56 Å². The molecule has 1 aromatic carbocycles. The highest BCUT2D eigenvalue weighted by atomic mass is 16.5. The van der Waals surface area contributed by atoms with Gasteiger partial charge in [0.15, 0.2) is 0 Å². The number of hydrogen-bond acceptors (Lipinski definition) is 3. The first-order valence-electron chi connectivity index (χ1n) is 6.31. The summed E-state index contributed by atoms with van der Waals surface area (Å²) in [5, 5.41) is 3.38. The summed E-state index contributed by atoms with van der Waals surface area (Å²) in [6.45, 7) is 2.08. The molecule has 3 rings (SSSR count). The largest absolute Gasteiger partial charge is 0.458 e. The van der Waals surface area contributed by atoms with Crippen molar-refractivity contribution in [2.45, 2.75) is 18.9 Å². The van der Waals surface area contributed by atoms with Crippen LogP contribution in [0.5, 0.6) is 0 Å². The summed E-state index contributed by atoms with van der Waals surface area (Å²) in [7, 11) is 0. The summed E-state index contributed by atoms with van der Waals surface area (Å²) >= 11 is 0. The molecule has 0 aromatic heterocycles. The lowest BCUT2D eigenvalue weighted by atomic mass is 9.99. The van der Waals surface area contributed by atoms with E-state index in [-0.39, 0.29) is 12.1 Å². The highest BCUT2D eigenvalue weighted by Gasteiger charge is 2.41. The second-order valence-corrected chi connectivity index (χ2v) is 4.97. The lowest BCUT2D eigenvalue weighted by molar-refractivity contribution is 0.0209. The van der Waals surface area contributed by atoms with E-state index in [1.807, 2.05) is 30.3 Å². The van der Waals surface area contributed by atoms with Gasteiger partial charge in [-0.2, -0.15) is 0 Å². The third-order valence-corrected chi connectivity index (χ3v) is 3.96. The molecule has 1 saturated heterocycles. The van der Waals surface area contributed by atoms with E-state index in [0.717, 1.165) is 19.5 Å². The second-order valence-electron chi connectivity index (χ2n) is 4.97. The number of rotatable bonds is 2. The average molecular weight is 231 g/mol. The Morgan fingerprint density at radius 1 is 1.18 bits per heavy atom. The summed E-state index contributed by atoms with van der Waals surface area (Å²) in [5.41, 5.74) is 0.655. The molecule has 0 spiro atoms. The zero-order valence-electron chi connectivity index (χ0n) is 9.76. The minimum Gasteiger partial charge on any atom is -0.458 e. The van der Waals surface area contributed by atoms with E-state index < -0.39 is 0 Å². The van der Waals surface area contributed by atoms with E-state index in [1.54, 1.807) is 0 Å². The van der Waals surface area contributed by atoms with E-state index in [4.69, 9.17) is 4.74 Å². The molecule has 2 aliphatic rings. The third-order valence-electron chi connectivity index (χ3n) is 3.96. The fourth-order valence-corrected chi connectivity index (χ4v) is 3.02. The lowest BCUT2D eigenvalue weighted by Gasteiger charge is -2.18. The molecule has 1 saturated carbocycles. The molecule has 1 aliphatic heterocycles. The molecule has 90 valence electrons. The van der Waals surface area contributed by atoms with Crippen molar-refractivity contribution in [3.8, 4) is 0 Å². The molecule has 1 aliphatic carbocycles. The number of esters is 1. The highest BCUT2D eigenvalue weighted by molar-refractivity contribution is 5.89. The first kappa shape index (κ1) is 10.8. The van der Waals surface area contributed by atoms with E-state index in [1.165, 1.54) is 6.42 Å². The van der Waals surface area contributed by atoms with Crippen molar-refractivity contribution >= 4 is 5.97 Å². The van der Waals surface area contributed by atoms with Crippen LogP contribution in [0.2, 0.25) is 0 Å². The minimum absolute atomic E-state index is 0.114. The molecule has 2 fully saturated rings. The van der Waals surface area contributed by atoms with Gasteiger partial charge in [-0.15, -0.1) is 0 Å². The Morgan fingerprint density at radius 3 is 2.82 bits per heavy atom. The number of nitrogens with one attached hydrogen (secondary N) is 1. The Kier molecular flexibility index (Phi) is 2.85. The quantitative estimate of drug-likeness (QED) is 0.789. The molecule has 3 atom stereocenters. The normalized spacial score (nSPS) is 31.2. The summed E-state index contributed by atoms with van der Waals surface area (Å²) in [6, 6.07) is 9.25. The second kappa shape index (κ2) is 4.49. The SMILES string of the molecule is O=C(OC1CCC2CNCC21)c1ccccc1. The average Bonchev–Trinajstić information content (AvgIpc) is 2.95. The van der Waals surface area contributed by atoms with E-state index in [2.05, 4.69) is 5.32 Å². The van der Waals surface area contributed by atoms with E-state index in [0.29, 0.717) is 17.4 Å². The Hall–Kier alpha value is -1.35. The Morgan fingerprint density at radius 2 is 2.00 bits per heavy atom. The number of fused-ring (bicyclic) bond motifs is 1. The van der Waals surface area contributed by atoms with Crippen LogP contribution in [0.4, 0.5) is 0 Å². The molecule has 0 amide bonds. The number of ether oxygens (including phenoxy) is 1. The Labute approximate surface area is 101 Å².